The minimum atomic E-state index is -0.999. The molecule has 4 N–H and O–H groups in total. The number of aromatic hydroxyl groups is 2. The van der Waals surface area contributed by atoms with Crippen LogP contribution >= 0.6 is 0 Å². The van der Waals surface area contributed by atoms with Gasteiger partial charge in [-0.2, -0.15) is 0 Å². The van der Waals surface area contributed by atoms with E-state index in [1.54, 1.807) is 20.8 Å². The van der Waals surface area contributed by atoms with Crippen LogP contribution in [0.3, 0.4) is 0 Å². The second-order valence-corrected chi connectivity index (χ2v) is 6.20. The molecular formula is C16H18N2O7. The van der Waals surface area contributed by atoms with E-state index in [4.69, 9.17) is 9.15 Å². The van der Waals surface area contributed by atoms with Crippen LogP contribution in [0.15, 0.2) is 27.4 Å². The van der Waals surface area contributed by atoms with Crippen LogP contribution in [-0.4, -0.2) is 34.4 Å². The van der Waals surface area contributed by atoms with Gasteiger partial charge in [-0.25, -0.2) is 9.59 Å². The van der Waals surface area contributed by atoms with Gasteiger partial charge in [0.25, 0.3) is 0 Å². The molecule has 0 atom stereocenters. The maximum atomic E-state index is 11.9. The Bertz CT molecular complexity index is 880. The molecule has 0 saturated heterocycles. The van der Waals surface area contributed by atoms with E-state index in [0.717, 1.165) is 6.07 Å². The Morgan fingerprint density at radius 2 is 1.92 bits per heavy atom. The van der Waals surface area contributed by atoms with E-state index in [0.29, 0.717) is 0 Å². The van der Waals surface area contributed by atoms with Crippen LogP contribution in [0.25, 0.3) is 11.0 Å². The van der Waals surface area contributed by atoms with Crippen molar-refractivity contribution in [3.63, 3.8) is 0 Å². The summed E-state index contributed by atoms with van der Waals surface area (Å²) in [7, 11) is 0. The number of fused-ring (bicyclic) bond motifs is 1. The van der Waals surface area contributed by atoms with E-state index in [1.807, 2.05) is 0 Å². The number of carbonyl (C=O) groups is 2. The van der Waals surface area contributed by atoms with Gasteiger partial charge in [0.15, 0.2) is 11.4 Å². The second kappa shape index (κ2) is 6.71. The normalized spacial score (nSPS) is 11.2. The molecule has 1 aromatic carbocycles. The van der Waals surface area contributed by atoms with Crippen LogP contribution in [0.4, 0.5) is 10.5 Å². The Kier molecular flexibility index (Phi) is 4.87. The van der Waals surface area contributed by atoms with Gasteiger partial charge in [0, 0.05) is 6.07 Å². The molecule has 0 aliphatic carbocycles. The van der Waals surface area contributed by atoms with E-state index in [2.05, 4.69) is 10.6 Å². The average Bonchev–Trinajstić information content (AvgIpc) is 2.47. The van der Waals surface area contributed by atoms with E-state index in [9.17, 15) is 24.6 Å². The first kappa shape index (κ1) is 18.1. The van der Waals surface area contributed by atoms with Gasteiger partial charge in [-0.3, -0.25) is 4.79 Å². The molecule has 2 rings (SSSR count). The summed E-state index contributed by atoms with van der Waals surface area (Å²) in [4.78, 5) is 35.2. The van der Waals surface area contributed by atoms with Crippen molar-refractivity contribution in [2.45, 2.75) is 26.4 Å². The number of carbonyl (C=O) groups excluding carboxylic acids is 2. The molecule has 0 aliphatic heterocycles. The summed E-state index contributed by atoms with van der Waals surface area (Å²) < 4.78 is 9.92. The van der Waals surface area contributed by atoms with Crippen molar-refractivity contribution in [1.82, 2.24) is 5.32 Å². The number of alkyl carbamates (subject to hydrolysis) is 1. The van der Waals surface area contributed by atoms with Gasteiger partial charge in [-0.1, -0.05) is 0 Å². The molecular weight excluding hydrogens is 332 g/mol. The lowest BCUT2D eigenvalue weighted by molar-refractivity contribution is -0.115. The number of phenolic OH excluding ortho intramolecular Hbond substituents is 1. The summed E-state index contributed by atoms with van der Waals surface area (Å²) in [6, 6.07) is 3.78. The minimum Gasteiger partial charge on any atom is -0.508 e. The van der Waals surface area contributed by atoms with Crippen LogP contribution in [0, 0.1) is 0 Å². The maximum Gasteiger partial charge on any atom is 0.408 e. The van der Waals surface area contributed by atoms with E-state index < -0.39 is 41.2 Å². The summed E-state index contributed by atoms with van der Waals surface area (Å²) in [5.41, 5.74) is -2.22. The molecule has 134 valence electrons. The Morgan fingerprint density at radius 1 is 1.24 bits per heavy atom. The predicted octanol–water partition coefficient (Wildman–Crippen LogP) is 1.67. The van der Waals surface area contributed by atoms with Crippen molar-refractivity contribution < 1.29 is 29.0 Å². The molecule has 2 amide bonds. The van der Waals surface area contributed by atoms with Crippen LogP contribution in [0.5, 0.6) is 11.5 Å². The number of hydrogen-bond donors (Lipinski definition) is 4. The van der Waals surface area contributed by atoms with Gasteiger partial charge < -0.3 is 30.0 Å². The van der Waals surface area contributed by atoms with Gasteiger partial charge in [0.05, 0.1) is 5.39 Å². The van der Waals surface area contributed by atoms with Crippen LogP contribution < -0.4 is 16.3 Å². The lowest BCUT2D eigenvalue weighted by Crippen LogP contribution is -2.37. The van der Waals surface area contributed by atoms with Crippen molar-refractivity contribution in [2.24, 2.45) is 0 Å². The van der Waals surface area contributed by atoms with Crippen LogP contribution in [0.2, 0.25) is 0 Å². The zero-order chi connectivity index (χ0) is 18.8. The van der Waals surface area contributed by atoms with Crippen molar-refractivity contribution in [3.8, 4) is 11.5 Å². The van der Waals surface area contributed by atoms with E-state index in [-0.39, 0.29) is 16.7 Å². The average molecular weight is 350 g/mol. The summed E-state index contributed by atoms with van der Waals surface area (Å²) in [6.45, 7) is 4.54. The SMILES string of the molecule is CC(C)(C)OC(=O)NCC(=O)Nc1c(O)c2ccc(O)cc2oc1=O. The smallest absolute Gasteiger partial charge is 0.408 e. The Morgan fingerprint density at radius 3 is 2.56 bits per heavy atom. The first-order chi connectivity index (χ1) is 11.6. The molecule has 2 aromatic rings. The van der Waals surface area contributed by atoms with Crippen LogP contribution in [0.1, 0.15) is 20.8 Å². The quantitative estimate of drug-likeness (QED) is 0.618. The van der Waals surface area contributed by atoms with Gasteiger partial charge in [0.2, 0.25) is 5.91 Å². The molecule has 0 radical (unpaired) electrons. The van der Waals surface area contributed by atoms with Gasteiger partial charge >= 0.3 is 11.7 Å². The predicted molar refractivity (Wildman–Crippen MR) is 88.7 cm³/mol. The molecule has 0 aliphatic rings. The third-order valence-electron chi connectivity index (χ3n) is 2.92. The molecule has 0 unspecified atom stereocenters. The van der Waals surface area contributed by atoms with Crippen molar-refractivity contribution >= 4 is 28.7 Å². The monoisotopic (exact) mass is 350 g/mol. The number of benzene rings is 1. The highest BCUT2D eigenvalue weighted by Gasteiger charge is 2.19. The summed E-state index contributed by atoms with van der Waals surface area (Å²) in [5.74, 6) is -1.41. The molecule has 0 saturated carbocycles. The number of anilines is 1. The first-order valence-corrected chi connectivity index (χ1v) is 7.32. The maximum absolute atomic E-state index is 11.9. The summed E-state index contributed by atoms with van der Waals surface area (Å²) >= 11 is 0. The molecule has 1 aromatic heterocycles. The fraction of sp³-hybridized carbons (Fsp3) is 0.312. The zero-order valence-electron chi connectivity index (χ0n) is 13.9. The molecule has 1 heterocycles. The topological polar surface area (TPSA) is 138 Å². The number of nitrogens with one attached hydrogen (secondary N) is 2. The Balaban J connectivity index is 2.12. The van der Waals surface area contributed by atoms with Gasteiger partial charge in [0.1, 0.15) is 23.5 Å². The lowest BCUT2D eigenvalue weighted by atomic mass is 10.2. The fourth-order valence-electron chi connectivity index (χ4n) is 1.93. The zero-order valence-corrected chi connectivity index (χ0v) is 13.9. The van der Waals surface area contributed by atoms with E-state index in [1.165, 1.54) is 12.1 Å². The Hall–Kier alpha value is -3.23. The number of hydrogen-bond acceptors (Lipinski definition) is 7. The van der Waals surface area contributed by atoms with Gasteiger partial charge in [-0.15, -0.1) is 0 Å². The minimum absolute atomic E-state index is 0.0348. The Labute approximate surface area is 142 Å². The molecule has 0 bridgehead atoms. The third-order valence-corrected chi connectivity index (χ3v) is 2.92. The standard InChI is InChI=1S/C16H18N2O7/c1-16(2,3)25-15(23)17-7-11(20)18-12-13(21)9-5-4-8(19)6-10(9)24-14(12)22/h4-6,19,21H,7H2,1-3H3,(H,17,23)(H,18,20). The molecule has 25 heavy (non-hydrogen) atoms. The summed E-state index contributed by atoms with van der Waals surface area (Å²) in [5, 5.41) is 24.0. The highest BCUT2D eigenvalue weighted by Crippen LogP contribution is 2.31. The highest BCUT2D eigenvalue weighted by atomic mass is 16.6. The number of rotatable bonds is 3. The second-order valence-electron chi connectivity index (χ2n) is 6.20. The number of ether oxygens (including phenoxy) is 1. The fourth-order valence-corrected chi connectivity index (χ4v) is 1.93. The van der Waals surface area contributed by atoms with Crippen molar-refractivity contribution in [1.29, 1.82) is 0 Å². The van der Waals surface area contributed by atoms with Gasteiger partial charge in [-0.05, 0) is 32.9 Å². The van der Waals surface area contributed by atoms with Crippen molar-refractivity contribution in [3.05, 3.63) is 28.6 Å². The summed E-state index contributed by atoms with van der Waals surface area (Å²) in [6.07, 6.45) is -0.798. The molecule has 9 nitrogen and oxygen atoms in total. The van der Waals surface area contributed by atoms with E-state index >= 15 is 0 Å². The first-order valence-electron chi connectivity index (χ1n) is 7.32. The highest BCUT2D eigenvalue weighted by molar-refractivity contribution is 5.98. The number of amides is 2. The van der Waals surface area contributed by atoms with Crippen molar-refractivity contribution in [2.75, 3.05) is 11.9 Å². The molecule has 0 spiro atoms. The lowest BCUT2D eigenvalue weighted by Gasteiger charge is -2.19. The molecule has 0 fully saturated rings. The third kappa shape index (κ3) is 4.63. The number of phenols is 1. The molecule has 9 heteroatoms. The largest absolute Gasteiger partial charge is 0.508 e. The van der Waals surface area contributed by atoms with Crippen LogP contribution in [-0.2, 0) is 9.53 Å².